The Kier molecular flexibility index (Phi) is 3.57. The van der Waals surface area contributed by atoms with Crippen molar-refractivity contribution in [1.29, 1.82) is 0 Å². The third-order valence-corrected chi connectivity index (χ3v) is 2.97. The summed E-state index contributed by atoms with van der Waals surface area (Å²) in [6.07, 6.45) is 3.17. The number of nitrogens with two attached hydrogens (primary N) is 1. The van der Waals surface area contributed by atoms with E-state index in [0.717, 1.165) is 24.2 Å². The summed E-state index contributed by atoms with van der Waals surface area (Å²) in [4.78, 5) is 28.5. The Hall–Kier alpha value is -1.95. The van der Waals surface area contributed by atoms with Crippen molar-refractivity contribution in [3.8, 4) is 0 Å². The van der Waals surface area contributed by atoms with Gasteiger partial charge in [0.15, 0.2) is 0 Å². The lowest BCUT2D eigenvalue weighted by molar-refractivity contribution is -0.140. The molecule has 6 heteroatoms. The van der Waals surface area contributed by atoms with Crippen molar-refractivity contribution in [3.63, 3.8) is 0 Å². The number of carboxylic acid groups (broad SMARTS) is 1. The Morgan fingerprint density at radius 2 is 2.33 bits per heavy atom. The topological polar surface area (TPSA) is 96.5 Å². The molecule has 1 amide bonds. The van der Waals surface area contributed by atoms with E-state index in [1.807, 2.05) is 6.07 Å². The second-order valence-corrected chi connectivity index (χ2v) is 4.27. The number of anilines is 1. The maximum Gasteiger partial charge on any atom is 0.321 e. The van der Waals surface area contributed by atoms with E-state index in [9.17, 15) is 9.59 Å². The molecule has 2 rings (SSSR count). The van der Waals surface area contributed by atoms with Gasteiger partial charge in [0.2, 0.25) is 5.91 Å². The van der Waals surface area contributed by atoms with E-state index in [-0.39, 0.29) is 12.3 Å². The third kappa shape index (κ3) is 2.48. The summed E-state index contributed by atoms with van der Waals surface area (Å²) in [5, 5.41) is 8.72. The van der Waals surface area contributed by atoms with Crippen LogP contribution in [0.4, 0.5) is 5.69 Å². The predicted octanol–water partition coefficient (Wildman–Crippen LogP) is 0.163. The number of carbonyl (C=O) groups excluding carboxylic acids is 1. The van der Waals surface area contributed by atoms with E-state index in [1.54, 1.807) is 17.2 Å². The first-order valence-corrected chi connectivity index (χ1v) is 5.82. The van der Waals surface area contributed by atoms with E-state index in [4.69, 9.17) is 10.8 Å². The van der Waals surface area contributed by atoms with Gasteiger partial charge in [-0.05, 0) is 25.0 Å². The number of hydrogen-bond donors (Lipinski definition) is 2. The van der Waals surface area contributed by atoms with Gasteiger partial charge in [0.05, 0.1) is 17.8 Å². The molecule has 0 saturated carbocycles. The molecule has 0 bridgehead atoms. The highest BCUT2D eigenvalue weighted by atomic mass is 16.4. The van der Waals surface area contributed by atoms with Crippen molar-refractivity contribution in [2.75, 3.05) is 11.4 Å². The molecule has 0 fully saturated rings. The van der Waals surface area contributed by atoms with Crippen LogP contribution in [-0.2, 0) is 16.0 Å². The molecule has 1 aromatic heterocycles. The lowest BCUT2D eigenvalue weighted by Crippen LogP contribution is -2.41. The highest BCUT2D eigenvalue weighted by molar-refractivity contribution is 5.96. The molecule has 1 aromatic rings. The summed E-state index contributed by atoms with van der Waals surface area (Å²) >= 11 is 0. The normalized spacial score (nSPS) is 15.9. The van der Waals surface area contributed by atoms with E-state index in [0.29, 0.717) is 6.54 Å². The molecule has 0 spiro atoms. The molecule has 6 nitrogen and oxygen atoms in total. The Bertz CT molecular complexity index is 475. The van der Waals surface area contributed by atoms with Crippen molar-refractivity contribution in [2.45, 2.75) is 25.3 Å². The first kappa shape index (κ1) is 12.5. The molecule has 18 heavy (non-hydrogen) atoms. The largest absolute Gasteiger partial charge is 0.480 e. The Morgan fingerprint density at radius 3 is 3.06 bits per heavy atom. The first-order chi connectivity index (χ1) is 8.59. The Labute approximate surface area is 104 Å². The smallest absolute Gasteiger partial charge is 0.321 e. The minimum Gasteiger partial charge on any atom is -0.480 e. The zero-order valence-corrected chi connectivity index (χ0v) is 9.87. The van der Waals surface area contributed by atoms with Crippen LogP contribution in [0.1, 0.15) is 18.5 Å². The van der Waals surface area contributed by atoms with Gasteiger partial charge in [-0.2, -0.15) is 0 Å². The Morgan fingerprint density at radius 1 is 1.56 bits per heavy atom. The first-order valence-electron chi connectivity index (χ1n) is 5.82. The van der Waals surface area contributed by atoms with Crippen LogP contribution in [-0.4, -0.2) is 34.6 Å². The highest BCUT2D eigenvalue weighted by Gasteiger charge is 2.26. The fraction of sp³-hybridized carbons (Fsp3) is 0.417. The fourth-order valence-corrected chi connectivity index (χ4v) is 2.04. The van der Waals surface area contributed by atoms with Gasteiger partial charge in [-0.3, -0.25) is 14.6 Å². The summed E-state index contributed by atoms with van der Waals surface area (Å²) in [5.41, 5.74) is 7.03. The monoisotopic (exact) mass is 249 g/mol. The number of nitrogens with zero attached hydrogens (tertiary/aromatic N) is 2. The van der Waals surface area contributed by atoms with Gasteiger partial charge in [-0.1, -0.05) is 0 Å². The van der Waals surface area contributed by atoms with Crippen molar-refractivity contribution >= 4 is 17.6 Å². The number of aromatic nitrogens is 1. The van der Waals surface area contributed by atoms with Crippen LogP contribution in [0.5, 0.6) is 0 Å². The fourth-order valence-electron chi connectivity index (χ4n) is 2.04. The summed E-state index contributed by atoms with van der Waals surface area (Å²) in [7, 11) is 0. The molecule has 0 radical (unpaired) electrons. The lowest BCUT2D eigenvalue weighted by Gasteiger charge is -2.29. The van der Waals surface area contributed by atoms with Crippen molar-refractivity contribution in [2.24, 2.45) is 5.73 Å². The van der Waals surface area contributed by atoms with Crippen LogP contribution in [0.2, 0.25) is 0 Å². The summed E-state index contributed by atoms with van der Waals surface area (Å²) in [6, 6.07) is 2.44. The number of amides is 1. The standard InChI is InChI=1S/C12H15N3O3/c13-8(12(17)18)7-11(16)15-6-2-3-9-10(15)4-1-5-14-9/h1,4-5,8H,2-3,6-7,13H2,(H,17,18). The summed E-state index contributed by atoms with van der Waals surface area (Å²) in [6.45, 7) is 0.587. The molecule has 1 aliphatic rings. The van der Waals surface area contributed by atoms with Crippen molar-refractivity contribution in [1.82, 2.24) is 4.98 Å². The molecule has 1 aliphatic heterocycles. The van der Waals surface area contributed by atoms with Gasteiger partial charge >= 0.3 is 5.97 Å². The summed E-state index contributed by atoms with van der Waals surface area (Å²) in [5.74, 6) is -1.43. The molecular formula is C12H15N3O3. The number of hydrogen-bond acceptors (Lipinski definition) is 4. The van der Waals surface area contributed by atoms with Crippen LogP contribution >= 0.6 is 0 Å². The number of fused-ring (bicyclic) bond motifs is 1. The molecule has 2 heterocycles. The van der Waals surface area contributed by atoms with Crippen molar-refractivity contribution in [3.05, 3.63) is 24.0 Å². The molecule has 96 valence electrons. The molecule has 1 atom stereocenters. The molecule has 0 aliphatic carbocycles. The lowest BCUT2D eigenvalue weighted by atomic mass is 10.1. The zero-order chi connectivity index (χ0) is 13.1. The van der Waals surface area contributed by atoms with Gasteiger partial charge in [0.25, 0.3) is 0 Å². The van der Waals surface area contributed by atoms with Crippen LogP contribution < -0.4 is 10.6 Å². The molecule has 1 unspecified atom stereocenters. The minimum atomic E-state index is -1.16. The third-order valence-electron chi connectivity index (χ3n) is 2.97. The second-order valence-electron chi connectivity index (χ2n) is 4.27. The van der Waals surface area contributed by atoms with E-state index >= 15 is 0 Å². The summed E-state index contributed by atoms with van der Waals surface area (Å²) < 4.78 is 0. The van der Waals surface area contributed by atoms with Gasteiger partial charge < -0.3 is 15.7 Å². The quantitative estimate of drug-likeness (QED) is 0.795. The number of carbonyl (C=O) groups is 2. The average Bonchev–Trinajstić information content (AvgIpc) is 2.37. The number of aliphatic carboxylic acids is 1. The number of aryl methyl sites for hydroxylation is 1. The molecule has 0 aromatic carbocycles. The van der Waals surface area contributed by atoms with Gasteiger partial charge in [-0.15, -0.1) is 0 Å². The van der Waals surface area contributed by atoms with E-state index in [1.165, 1.54) is 0 Å². The second kappa shape index (κ2) is 5.14. The minimum absolute atomic E-state index is 0.191. The van der Waals surface area contributed by atoms with Gasteiger partial charge in [-0.25, -0.2) is 0 Å². The van der Waals surface area contributed by atoms with E-state index in [2.05, 4.69) is 4.98 Å². The Balaban J connectivity index is 2.15. The SMILES string of the molecule is NC(CC(=O)N1CCCc2ncccc21)C(=O)O. The van der Waals surface area contributed by atoms with Gasteiger partial charge in [0, 0.05) is 12.7 Å². The van der Waals surface area contributed by atoms with Gasteiger partial charge in [0.1, 0.15) is 6.04 Å². The highest BCUT2D eigenvalue weighted by Crippen LogP contribution is 2.25. The van der Waals surface area contributed by atoms with Crippen molar-refractivity contribution < 1.29 is 14.7 Å². The van der Waals surface area contributed by atoms with Crippen LogP contribution in [0, 0.1) is 0 Å². The molecule has 3 N–H and O–H groups in total. The number of rotatable bonds is 3. The number of carboxylic acids is 1. The molecule has 0 saturated heterocycles. The maximum atomic E-state index is 12.0. The van der Waals surface area contributed by atoms with Crippen LogP contribution in [0.3, 0.4) is 0 Å². The predicted molar refractivity (Wildman–Crippen MR) is 65.1 cm³/mol. The van der Waals surface area contributed by atoms with E-state index < -0.39 is 12.0 Å². The van der Waals surface area contributed by atoms with Crippen LogP contribution in [0.15, 0.2) is 18.3 Å². The average molecular weight is 249 g/mol. The number of pyridine rings is 1. The molecular weight excluding hydrogens is 234 g/mol. The maximum absolute atomic E-state index is 12.0. The zero-order valence-electron chi connectivity index (χ0n) is 9.87. The van der Waals surface area contributed by atoms with Crippen LogP contribution in [0.25, 0.3) is 0 Å².